The van der Waals surface area contributed by atoms with E-state index >= 15 is 0 Å². The summed E-state index contributed by atoms with van der Waals surface area (Å²) in [5, 5.41) is 7.09. The molecule has 0 saturated heterocycles. The van der Waals surface area contributed by atoms with Crippen LogP contribution in [0.4, 0.5) is 5.00 Å². The molecule has 0 radical (unpaired) electrons. The molecule has 0 aliphatic rings. The van der Waals surface area contributed by atoms with Crippen LogP contribution in [0.1, 0.15) is 51.2 Å². The number of hydrogen-bond acceptors (Lipinski definition) is 6. The van der Waals surface area contributed by atoms with Crippen molar-refractivity contribution in [2.45, 2.75) is 33.7 Å². The summed E-state index contributed by atoms with van der Waals surface area (Å²) >= 11 is 4.30. The van der Waals surface area contributed by atoms with Crippen LogP contribution < -0.4 is 11.1 Å². The number of anilines is 1. The lowest BCUT2D eigenvalue weighted by molar-refractivity contribution is -0.119. The number of ether oxygens (including phenoxy) is 1. The van der Waals surface area contributed by atoms with Gasteiger partial charge in [-0.2, -0.15) is 5.10 Å². The molecule has 2 amide bonds. The molecular weight excluding hydrogens is 424 g/mol. The number of nitrogens with one attached hydrogen (secondary N) is 1. The predicted octanol–water partition coefficient (Wildman–Crippen LogP) is 2.80. The first-order valence-electron chi connectivity index (χ1n) is 7.79. The van der Waals surface area contributed by atoms with E-state index in [0.29, 0.717) is 5.56 Å². The highest BCUT2D eigenvalue weighted by atomic mass is 79.9. The lowest BCUT2D eigenvalue weighted by atomic mass is 10.1. The fraction of sp³-hybridized carbons (Fsp3) is 0.375. The maximum absolute atomic E-state index is 12.6. The van der Waals surface area contributed by atoms with Crippen LogP contribution >= 0.6 is 27.3 Å². The van der Waals surface area contributed by atoms with Crippen molar-refractivity contribution in [3.8, 4) is 0 Å². The van der Waals surface area contributed by atoms with Gasteiger partial charge in [0.2, 0.25) is 5.91 Å². The van der Waals surface area contributed by atoms with Gasteiger partial charge in [0.05, 0.1) is 33.4 Å². The van der Waals surface area contributed by atoms with Crippen molar-refractivity contribution in [3.05, 3.63) is 32.4 Å². The van der Waals surface area contributed by atoms with Gasteiger partial charge in [-0.25, -0.2) is 4.79 Å². The molecule has 2 aromatic rings. The number of primary amides is 1. The SMILES string of the molecule is CCOC(=O)c1c(NC(=O)C(C)n2ncc(Br)c2C)sc(C(N)=O)c1C. The molecule has 2 rings (SSSR count). The Morgan fingerprint density at radius 1 is 1.42 bits per heavy atom. The van der Waals surface area contributed by atoms with Gasteiger partial charge in [-0.15, -0.1) is 11.3 Å². The summed E-state index contributed by atoms with van der Waals surface area (Å²) < 4.78 is 7.37. The molecule has 8 nitrogen and oxygen atoms in total. The van der Waals surface area contributed by atoms with Gasteiger partial charge in [0, 0.05) is 0 Å². The topological polar surface area (TPSA) is 116 Å². The van der Waals surface area contributed by atoms with Gasteiger partial charge in [-0.3, -0.25) is 14.3 Å². The van der Waals surface area contributed by atoms with Gasteiger partial charge in [0.1, 0.15) is 11.0 Å². The Morgan fingerprint density at radius 2 is 2.08 bits per heavy atom. The van der Waals surface area contributed by atoms with E-state index in [1.165, 1.54) is 0 Å². The van der Waals surface area contributed by atoms with E-state index in [1.807, 2.05) is 6.92 Å². The molecular formula is C16H19BrN4O4S. The maximum atomic E-state index is 12.6. The average Bonchev–Trinajstić information content (AvgIpc) is 3.07. The minimum atomic E-state index is -0.668. The second-order valence-electron chi connectivity index (χ2n) is 5.53. The molecule has 2 heterocycles. The second kappa shape index (κ2) is 8.00. The van der Waals surface area contributed by atoms with Gasteiger partial charge in [-0.1, -0.05) is 0 Å². The number of amides is 2. The lowest BCUT2D eigenvalue weighted by Gasteiger charge is -2.14. The molecule has 1 atom stereocenters. The zero-order valence-corrected chi connectivity index (χ0v) is 17.2. The van der Waals surface area contributed by atoms with Crippen LogP contribution in [0.3, 0.4) is 0 Å². The fourth-order valence-electron chi connectivity index (χ4n) is 2.41. The number of aromatic nitrogens is 2. The van der Waals surface area contributed by atoms with Crippen molar-refractivity contribution in [2.75, 3.05) is 11.9 Å². The molecule has 1 unspecified atom stereocenters. The molecule has 0 saturated carbocycles. The number of hydrogen-bond donors (Lipinski definition) is 2. The minimum absolute atomic E-state index is 0.143. The van der Waals surface area contributed by atoms with E-state index < -0.39 is 17.9 Å². The molecule has 0 aliphatic carbocycles. The summed E-state index contributed by atoms with van der Waals surface area (Å²) in [6.07, 6.45) is 1.60. The zero-order chi connectivity index (χ0) is 19.6. The number of rotatable bonds is 6. The van der Waals surface area contributed by atoms with Gasteiger partial charge < -0.3 is 15.8 Å². The van der Waals surface area contributed by atoms with Crippen molar-refractivity contribution in [1.82, 2.24) is 9.78 Å². The molecule has 10 heteroatoms. The average molecular weight is 443 g/mol. The number of carbonyl (C=O) groups is 3. The number of halogens is 1. The Morgan fingerprint density at radius 3 is 2.58 bits per heavy atom. The van der Waals surface area contributed by atoms with Crippen LogP contribution in [0.5, 0.6) is 0 Å². The molecule has 2 aromatic heterocycles. The first-order chi connectivity index (χ1) is 12.2. The van der Waals surface area contributed by atoms with Crippen LogP contribution in [-0.2, 0) is 9.53 Å². The van der Waals surface area contributed by atoms with Gasteiger partial charge >= 0.3 is 5.97 Å². The third kappa shape index (κ3) is 3.80. The molecule has 26 heavy (non-hydrogen) atoms. The normalized spacial score (nSPS) is 11.9. The van der Waals surface area contributed by atoms with Gasteiger partial charge in [0.25, 0.3) is 5.91 Å². The van der Waals surface area contributed by atoms with Crippen LogP contribution in [0.25, 0.3) is 0 Å². The van der Waals surface area contributed by atoms with E-state index in [0.717, 1.165) is 21.5 Å². The standard InChI is InChI=1S/C16H19BrN4O4S/c1-5-25-16(24)11-7(2)12(13(18)22)26-15(11)20-14(23)9(4)21-8(3)10(17)6-19-21/h6,9H,5H2,1-4H3,(H2,18,22)(H,20,23). The highest BCUT2D eigenvalue weighted by molar-refractivity contribution is 9.10. The van der Waals surface area contributed by atoms with Gasteiger partial charge in [0.15, 0.2) is 0 Å². The number of esters is 1. The van der Waals surface area contributed by atoms with Crippen molar-refractivity contribution >= 4 is 50.1 Å². The predicted molar refractivity (Wildman–Crippen MR) is 102 cm³/mol. The molecule has 0 aromatic carbocycles. The maximum Gasteiger partial charge on any atom is 0.341 e. The summed E-state index contributed by atoms with van der Waals surface area (Å²) in [6.45, 7) is 6.95. The summed E-state index contributed by atoms with van der Waals surface area (Å²) in [7, 11) is 0. The number of nitrogens with zero attached hydrogens (tertiary/aromatic N) is 2. The van der Waals surface area contributed by atoms with Crippen LogP contribution in [0, 0.1) is 13.8 Å². The van der Waals surface area contributed by atoms with Crippen LogP contribution in [0.15, 0.2) is 10.7 Å². The smallest absolute Gasteiger partial charge is 0.341 e. The Labute approximate surface area is 162 Å². The summed E-state index contributed by atoms with van der Waals surface area (Å²) in [5.41, 5.74) is 6.69. The Bertz CT molecular complexity index is 874. The van der Waals surface area contributed by atoms with E-state index in [4.69, 9.17) is 10.5 Å². The summed E-state index contributed by atoms with van der Waals surface area (Å²) in [6, 6.07) is -0.629. The summed E-state index contributed by atoms with van der Waals surface area (Å²) in [5.74, 6) is -1.67. The van der Waals surface area contributed by atoms with E-state index in [9.17, 15) is 14.4 Å². The van der Waals surface area contributed by atoms with E-state index in [-0.39, 0.29) is 28.0 Å². The second-order valence-corrected chi connectivity index (χ2v) is 7.41. The third-order valence-corrected chi connectivity index (χ3v) is 5.82. The minimum Gasteiger partial charge on any atom is -0.462 e. The van der Waals surface area contributed by atoms with Crippen LogP contribution in [-0.4, -0.2) is 34.2 Å². The molecule has 0 aliphatic heterocycles. The molecule has 0 bridgehead atoms. The highest BCUT2D eigenvalue weighted by Gasteiger charge is 2.27. The van der Waals surface area contributed by atoms with Crippen molar-refractivity contribution in [2.24, 2.45) is 5.73 Å². The number of carbonyl (C=O) groups excluding carboxylic acids is 3. The van der Waals surface area contributed by atoms with Crippen molar-refractivity contribution in [3.63, 3.8) is 0 Å². The number of nitrogens with two attached hydrogens (primary N) is 1. The largest absolute Gasteiger partial charge is 0.462 e. The zero-order valence-electron chi connectivity index (χ0n) is 14.8. The lowest BCUT2D eigenvalue weighted by Crippen LogP contribution is -2.25. The molecule has 3 N–H and O–H groups in total. The monoisotopic (exact) mass is 442 g/mol. The van der Waals surface area contributed by atoms with Crippen LogP contribution in [0.2, 0.25) is 0 Å². The van der Waals surface area contributed by atoms with Crippen molar-refractivity contribution in [1.29, 1.82) is 0 Å². The molecule has 0 spiro atoms. The Hall–Kier alpha value is -2.20. The first-order valence-corrected chi connectivity index (χ1v) is 9.40. The van der Waals surface area contributed by atoms with Gasteiger partial charge in [-0.05, 0) is 49.2 Å². The number of thiophene rings is 1. The van der Waals surface area contributed by atoms with E-state index in [1.54, 1.807) is 31.6 Å². The quantitative estimate of drug-likeness (QED) is 0.666. The highest BCUT2D eigenvalue weighted by Crippen LogP contribution is 2.34. The first kappa shape index (κ1) is 20.1. The third-order valence-electron chi connectivity index (χ3n) is 3.82. The Kier molecular flexibility index (Phi) is 6.19. The molecule has 0 fully saturated rings. The fourth-order valence-corrected chi connectivity index (χ4v) is 3.73. The van der Waals surface area contributed by atoms with Crippen molar-refractivity contribution < 1.29 is 19.1 Å². The molecule has 140 valence electrons. The van der Waals surface area contributed by atoms with E-state index in [2.05, 4.69) is 26.3 Å². The Balaban J connectivity index is 2.37. The summed E-state index contributed by atoms with van der Waals surface area (Å²) in [4.78, 5) is 36.7.